The minimum atomic E-state index is -0.227. The minimum Gasteiger partial charge on any atom is -0.445 e. The number of piperazine rings is 1. The van der Waals surface area contributed by atoms with E-state index in [1.54, 1.807) is 4.90 Å². The highest BCUT2D eigenvalue weighted by Crippen LogP contribution is 2.25. The molecule has 0 unspecified atom stereocenters. The molecule has 1 amide bonds. The number of carbonyl (C=O) groups is 1. The first-order valence-corrected chi connectivity index (χ1v) is 8.10. The van der Waals surface area contributed by atoms with E-state index in [1.165, 1.54) is 0 Å². The van der Waals surface area contributed by atoms with E-state index in [0.717, 1.165) is 37.9 Å². The van der Waals surface area contributed by atoms with Crippen LogP contribution in [0, 0.1) is 0 Å². The van der Waals surface area contributed by atoms with Crippen LogP contribution in [-0.4, -0.2) is 59.3 Å². The number of benzene rings is 1. The van der Waals surface area contributed by atoms with Crippen molar-refractivity contribution in [1.29, 1.82) is 0 Å². The molecule has 0 spiro atoms. The number of hydrogen-bond donors (Lipinski definition) is 1. The standard InChI is InChI=1S/C17H24N2O3/c20-16-7-6-15(12-16)18-8-10-19(11-9-18)17(21)22-13-14-4-2-1-3-5-14/h1-5,15-16,20H,6-13H2/t15-,16-/m1/s1. The Kier molecular flexibility index (Phi) is 4.95. The van der Waals surface area contributed by atoms with Gasteiger partial charge in [0.25, 0.3) is 0 Å². The molecule has 0 bridgehead atoms. The highest BCUT2D eigenvalue weighted by molar-refractivity contribution is 5.67. The fourth-order valence-electron chi connectivity index (χ4n) is 3.35. The second-order valence-corrected chi connectivity index (χ2v) is 6.18. The molecule has 5 nitrogen and oxygen atoms in total. The number of amides is 1. The maximum absolute atomic E-state index is 12.1. The third-order valence-electron chi connectivity index (χ3n) is 4.67. The third-order valence-corrected chi connectivity index (χ3v) is 4.67. The van der Waals surface area contributed by atoms with E-state index in [1.807, 2.05) is 30.3 Å². The summed E-state index contributed by atoms with van der Waals surface area (Å²) in [6.07, 6.45) is 2.48. The van der Waals surface area contributed by atoms with Crippen LogP contribution in [0.4, 0.5) is 4.79 Å². The molecule has 2 aliphatic rings. The van der Waals surface area contributed by atoms with Crippen LogP contribution in [0.5, 0.6) is 0 Å². The molecule has 1 N–H and O–H groups in total. The lowest BCUT2D eigenvalue weighted by Crippen LogP contribution is -2.51. The molecule has 1 aromatic rings. The molecular formula is C17H24N2O3. The Morgan fingerprint density at radius 2 is 1.86 bits per heavy atom. The second kappa shape index (κ2) is 7.11. The van der Waals surface area contributed by atoms with Crippen molar-refractivity contribution in [3.8, 4) is 0 Å². The fraction of sp³-hybridized carbons (Fsp3) is 0.588. The van der Waals surface area contributed by atoms with Crippen molar-refractivity contribution in [3.63, 3.8) is 0 Å². The highest BCUT2D eigenvalue weighted by atomic mass is 16.6. The Morgan fingerprint density at radius 1 is 1.14 bits per heavy atom. The summed E-state index contributed by atoms with van der Waals surface area (Å²) in [6, 6.07) is 10.2. The maximum Gasteiger partial charge on any atom is 0.410 e. The average Bonchev–Trinajstić information content (AvgIpc) is 3.00. The average molecular weight is 304 g/mol. The first kappa shape index (κ1) is 15.3. The first-order valence-electron chi connectivity index (χ1n) is 8.10. The summed E-state index contributed by atoms with van der Waals surface area (Å²) in [6.45, 7) is 3.49. The Morgan fingerprint density at radius 3 is 2.50 bits per heavy atom. The molecule has 5 heteroatoms. The highest BCUT2D eigenvalue weighted by Gasteiger charge is 2.31. The van der Waals surface area contributed by atoms with Crippen molar-refractivity contribution in [2.75, 3.05) is 26.2 Å². The SMILES string of the molecule is O=C(OCc1ccccc1)N1CCN([C@@H]2CC[C@@H](O)C2)CC1. The first-order chi connectivity index (χ1) is 10.7. The summed E-state index contributed by atoms with van der Waals surface area (Å²) >= 11 is 0. The quantitative estimate of drug-likeness (QED) is 0.926. The lowest BCUT2D eigenvalue weighted by atomic mass is 10.2. The molecule has 1 saturated heterocycles. The molecule has 2 fully saturated rings. The van der Waals surface area contributed by atoms with Crippen molar-refractivity contribution in [3.05, 3.63) is 35.9 Å². The molecule has 1 aliphatic heterocycles. The monoisotopic (exact) mass is 304 g/mol. The summed E-state index contributed by atoms with van der Waals surface area (Å²) in [5.74, 6) is 0. The van der Waals surface area contributed by atoms with Gasteiger partial charge >= 0.3 is 6.09 Å². The van der Waals surface area contributed by atoms with Gasteiger partial charge in [0.1, 0.15) is 6.61 Å². The largest absolute Gasteiger partial charge is 0.445 e. The Hall–Kier alpha value is -1.59. The number of aliphatic hydroxyl groups excluding tert-OH is 1. The minimum absolute atomic E-state index is 0.140. The van der Waals surface area contributed by atoms with Crippen LogP contribution in [0.1, 0.15) is 24.8 Å². The van der Waals surface area contributed by atoms with Gasteiger partial charge in [-0.2, -0.15) is 0 Å². The van der Waals surface area contributed by atoms with Gasteiger partial charge in [0.05, 0.1) is 6.10 Å². The van der Waals surface area contributed by atoms with Gasteiger partial charge in [0.15, 0.2) is 0 Å². The molecule has 1 aromatic carbocycles. The number of aliphatic hydroxyl groups is 1. The van der Waals surface area contributed by atoms with Gasteiger partial charge in [-0.05, 0) is 24.8 Å². The molecule has 0 radical (unpaired) electrons. The lowest BCUT2D eigenvalue weighted by molar-refractivity contribution is 0.0577. The van der Waals surface area contributed by atoms with Gasteiger partial charge in [-0.15, -0.1) is 0 Å². The maximum atomic E-state index is 12.1. The number of nitrogens with zero attached hydrogens (tertiary/aromatic N) is 2. The van der Waals surface area contributed by atoms with Gasteiger partial charge in [-0.25, -0.2) is 4.79 Å². The molecular weight excluding hydrogens is 280 g/mol. The summed E-state index contributed by atoms with van der Waals surface area (Å²) in [5, 5.41) is 9.64. The second-order valence-electron chi connectivity index (χ2n) is 6.18. The van der Waals surface area contributed by atoms with E-state index < -0.39 is 0 Å². The number of hydrogen-bond acceptors (Lipinski definition) is 4. The van der Waals surface area contributed by atoms with E-state index >= 15 is 0 Å². The van der Waals surface area contributed by atoms with Crippen molar-refractivity contribution in [1.82, 2.24) is 9.80 Å². The summed E-state index contributed by atoms with van der Waals surface area (Å²) in [4.78, 5) is 16.3. The Balaban J connectivity index is 1.42. The normalized spacial score (nSPS) is 26.1. The van der Waals surface area contributed by atoms with Gasteiger partial charge in [-0.3, -0.25) is 4.90 Å². The molecule has 1 saturated carbocycles. The van der Waals surface area contributed by atoms with Crippen LogP contribution in [0.3, 0.4) is 0 Å². The van der Waals surface area contributed by atoms with E-state index in [4.69, 9.17) is 4.74 Å². The molecule has 1 heterocycles. The van der Waals surface area contributed by atoms with E-state index in [2.05, 4.69) is 4.90 Å². The summed E-state index contributed by atoms with van der Waals surface area (Å²) in [5.41, 5.74) is 1.01. The van der Waals surface area contributed by atoms with Crippen molar-refractivity contribution in [2.45, 2.75) is 38.0 Å². The van der Waals surface area contributed by atoms with Crippen molar-refractivity contribution >= 4 is 6.09 Å². The van der Waals surface area contributed by atoms with Crippen molar-refractivity contribution in [2.24, 2.45) is 0 Å². The van der Waals surface area contributed by atoms with Crippen LogP contribution in [0.25, 0.3) is 0 Å². The van der Waals surface area contributed by atoms with Crippen LogP contribution < -0.4 is 0 Å². The predicted molar refractivity (Wildman–Crippen MR) is 83.4 cm³/mol. The zero-order valence-corrected chi connectivity index (χ0v) is 12.9. The lowest BCUT2D eigenvalue weighted by Gasteiger charge is -2.37. The summed E-state index contributed by atoms with van der Waals surface area (Å²) in [7, 11) is 0. The molecule has 2 atom stereocenters. The van der Waals surface area contributed by atoms with Gasteiger partial charge < -0.3 is 14.7 Å². The van der Waals surface area contributed by atoms with Crippen molar-refractivity contribution < 1.29 is 14.6 Å². The van der Waals surface area contributed by atoms with E-state index in [9.17, 15) is 9.90 Å². The number of carbonyl (C=O) groups excluding carboxylic acids is 1. The predicted octanol–water partition coefficient (Wildman–Crippen LogP) is 1.85. The van der Waals surface area contributed by atoms with Crippen LogP contribution in [0.15, 0.2) is 30.3 Å². The van der Waals surface area contributed by atoms with Gasteiger partial charge in [-0.1, -0.05) is 30.3 Å². The van der Waals surface area contributed by atoms with Crippen LogP contribution >= 0.6 is 0 Å². The van der Waals surface area contributed by atoms with Crippen LogP contribution in [0.2, 0.25) is 0 Å². The third kappa shape index (κ3) is 3.78. The smallest absolute Gasteiger partial charge is 0.410 e. The van der Waals surface area contributed by atoms with Gasteiger partial charge in [0, 0.05) is 32.2 Å². The zero-order chi connectivity index (χ0) is 15.4. The Bertz CT molecular complexity index is 486. The molecule has 22 heavy (non-hydrogen) atoms. The zero-order valence-electron chi connectivity index (χ0n) is 12.9. The molecule has 1 aliphatic carbocycles. The number of ether oxygens (including phenoxy) is 1. The number of rotatable bonds is 3. The Labute approximate surface area is 131 Å². The van der Waals surface area contributed by atoms with E-state index in [0.29, 0.717) is 25.7 Å². The topological polar surface area (TPSA) is 53.0 Å². The van der Waals surface area contributed by atoms with Gasteiger partial charge in [0.2, 0.25) is 0 Å². The fourth-order valence-corrected chi connectivity index (χ4v) is 3.35. The molecule has 120 valence electrons. The van der Waals surface area contributed by atoms with E-state index in [-0.39, 0.29) is 12.2 Å². The van der Waals surface area contributed by atoms with Crippen LogP contribution in [-0.2, 0) is 11.3 Å². The molecule has 3 rings (SSSR count). The molecule has 0 aromatic heterocycles. The summed E-state index contributed by atoms with van der Waals surface area (Å²) < 4.78 is 5.37.